The van der Waals surface area contributed by atoms with Crippen molar-refractivity contribution in [3.63, 3.8) is 0 Å². The zero-order valence-corrected chi connectivity index (χ0v) is 17.5. The summed E-state index contributed by atoms with van der Waals surface area (Å²) in [5.41, 5.74) is 11.2. The molecule has 8 heteroatoms. The fourth-order valence-corrected chi connectivity index (χ4v) is 3.47. The molecule has 0 saturated heterocycles. The average molecular weight is 426 g/mol. The van der Waals surface area contributed by atoms with Crippen molar-refractivity contribution in [2.75, 3.05) is 25.3 Å². The number of anilines is 2. The molecule has 3 rings (SSSR count). The number of ether oxygens (including phenoxy) is 2. The lowest BCUT2D eigenvalue weighted by Gasteiger charge is -2.12. The summed E-state index contributed by atoms with van der Waals surface area (Å²) >= 11 is 1.34. The minimum absolute atomic E-state index is 0.216. The molecule has 0 radical (unpaired) electrons. The maximum atomic E-state index is 12.4. The van der Waals surface area contributed by atoms with Gasteiger partial charge < -0.3 is 20.5 Å². The minimum atomic E-state index is -0.216. The molecule has 0 bridgehead atoms. The van der Waals surface area contributed by atoms with Crippen LogP contribution in [0, 0.1) is 0 Å². The number of nitrogens with two attached hydrogens (primary N) is 1. The first-order chi connectivity index (χ1) is 14.5. The number of hydrogen-bond acceptors (Lipinski definition) is 7. The highest BCUT2D eigenvalue weighted by Gasteiger charge is 2.12. The van der Waals surface area contributed by atoms with Gasteiger partial charge in [-0.15, -0.1) is 11.3 Å². The van der Waals surface area contributed by atoms with Crippen LogP contribution in [0.5, 0.6) is 11.5 Å². The van der Waals surface area contributed by atoms with Crippen LogP contribution in [0.25, 0.3) is 5.70 Å². The second-order valence-corrected chi connectivity index (χ2v) is 7.41. The Morgan fingerprint density at radius 2 is 1.83 bits per heavy atom. The molecule has 0 atom stereocenters. The molecule has 2 aromatic carbocycles. The second kappa shape index (κ2) is 9.82. The van der Waals surface area contributed by atoms with Gasteiger partial charge in [-0.1, -0.05) is 18.7 Å². The van der Waals surface area contributed by atoms with E-state index in [1.54, 1.807) is 44.6 Å². The van der Waals surface area contributed by atoms with E-state index in [-0.39, 0.29) is 12.5 Å². The van der Waals surface area contributed by atoms with Gasteiger partial charge >= 0.3 is 0 Å². The zero-order chi connectivity index (χ0) is 21.5. The van der Waals surface area contributed by atoms with Crippen LogP contribution in [0.2, 0.25) is 0 Å². The fraction of sp³-hybridized carbons (Fsp3) is 0.136. The van der Waals surface area contributed by atoms with Crippen LogP contribution in [0.15, 0.2) is 61.2 Å². The van der Waals surface area contributed by atoms with Gasteiger partial charge in [0.15, 0.2) is 11.5 Å². The molecule has 4 N–H and O–H groups in total. The topological polar surface area (TPSA) is 94.8 Å². The number of nitrogen functional groups attached to an aromatic ring is 1. The van der Waals surface area contributed by atoms with E-state index in [9.17, 15) is 4.79 Å². The summed E-state index contributed by atoms with van der Waals surface area (Å²) in [7, 11) is 3.16. The van der Waals surface area contributed by atoms with Crippen LogP contribution in [-0.4, -0.2) is 20.1 Å². The van der Waals surface area contributed by atoms with Crippen LogP contribution in [-0.2, 0) is 11.4 Å². The highest BCUT2D eigenvalue weighted by molar-refractivity contribution is 7.14. The number of carbonyl (C=O) groups is 1. The van der Waals surface area contributed by atoms with Crippen LogP contribution < -0.4 is 26.0 Å². The van der Waals surface area contributed by atoms with Gasteiger partial charge in [-0.2, -0.15) is 0 Å². The maximum absolute atomic E-state index is 12.4. The number of thiophene rings is 1. The Hall–Kier alpha value is -3.49. The number of hydroxylamine groups is 1. The number of nitrogens with one attached hydrogen (secondary N) is 2. The molecule has 1 heterocycles. The molecule has 0 fully saturated rings. The molecule has 1 aromatic heterocycles. The molecule has 1 amide bonds. The van der Waals surface area contributed by atoms with Crippen molar-refractivity contribution < 1.29 is 19.1 Å². The van der Waals surface area contributed by atoms with Gasteiger partial charge in [0.25, 0.3) is 5.91 Å². The van der Waals surface area contributed by atoms with Crippen molar-refractivity contribution in [2.45, 2.75) is 6.61 Å². The van der Waals surface area contributed by atoms with Crippen LogP contribution in [0.3, 0.4) is 0 Å². The van der Waals surface area contributed by atoms with Gasteiger partial charge in [-0.05, 0) is 42.5 Å². The third kappa shape index (κ3) is 5.11. The van der Waals surface area contributed by atoms with Gasteiger partial charge in [0, 0.05) is 10.4 Å². The van der Waals surface area contributed by atoms with Crippen LogP contribution in [0.4, 0.5) is 11.4 Å². The summed E-state index contributed by atoms with van der Waals surface area (Å²) in [6.07, 6.45) is 0. The second-order valence-electron chi connectivity index (χ2n) is 6.25. The van der Waals surface area contributed by atoms with E-state index in [0.29, 0.717) is 33.4 Å². The molecule has 3 aromatic rings. The Morgan fingerprint density at radius 1 is 1.07 bits per heavy atom. The summed E-state index contributed by atoms with van der Waals surface area (Å²) in [6, 6.07) is 16.2. The van der Waals surface area contributed by atoms with E-state index < -0.39 is 0 Å². The highest BCUT2D eigenvalue weighted by atomic mass is 32.1. The molecule has 156 valence electrons. The number of benzene rings is 2. The number of carbonyl (C=O) groups excluding carboxylic acids is 1. The van der Waals surface area contributed by atoms with E-state index in [0.717, 1.165) is 10.4 Å². The zero-order valence-electron chi connectivity index (χ0n) is 16.7. The monoisotopic (exact) mass is 425 g/mol. The maximum Gasteiger partial charge on any atom is 0.265 e. The number of amides is 1. The molecular formula is C22H23N3O4S. The normalized spacial score (nSPS) is 10.3. The van der Waals surface area contributed by atoms with Crippen molar-refractivity contribution in [3.05, 3.63) is 76.5 Å². The van der Waals surface area contributed by atoms with E-state index >= 15 is 0 Å². The lowest BCUT2D eigenvalue weighted by molar-refractivity contribution is 0.0666. The molecule has 30 heavy (non-hydrogen) atoms. The van der Waals surface area contributed by atoms with Gasteiger partial charge in [-0.25, -0.2) is 0 Å². The third-order valence-electron chi connectivity index (χ3n) is 4.24. The van der Waals surface area contributed by atoms with Gasteiger partial charge in [0.1, 0.15) is 6.61 Å². The minimum Gasteiger partial charge on any atom is -0.493 e. The van der Waals surface area contributed by atoms with Crippen molar-refractivity contribution >= 4 is 34.3 Å². The summed E-state index contributed by atoms with van der Waals surface area (Å²) in [5.74, 6) is 1.02. The van der Waals surface area contributed by atoms with Crippen molar-refractivity contribution in [1.29, 1.82) is 0 Å². The molecule has 0 aliphatic rings. The van der Waals surface area contributed by atoms with E-state index in [4.69, 9.17) is 20.0 Å². The van der Waals surface area contributed by atoms with Gasteiger partial charge in [0.2, 0.25) is 0 Å². The first-order valence-electron chi connectivity index (χ1n) is 9.05. The molecule has 0 saturated carbocycles. The smallest absolute Gasteiger partial charge is 0.265 e. The van der Waals surface area contributed by atoms with Crippen molar-refractivity contribution in [2.24, 2.45) is 0 Å². The predicted molar refractivity (Wildman–Crippen MR) is 120 cm³/mol. The van der Waals surface area contributed by atoms with Crippen molar-refractivity contribution in [3.8, 4) is 11.5 Å². The van der Waals surface area contributed by atoms with Gasteiger partial charge in [0.05, 0.1) is 36.2 Å². The first kappa shape index (κ1) is 21.2. The number of rotatable bonds is 9. The van der Waals surface area contributed by atoms with Crippen LogP contribution >= 0.6 is 11.3 Å². The summed E-state index contributed by atoms with van der Waals surface area (Å²) in [5, 5.41) is 2.81. The third-order valence-corrected chi connectivity index (χ3v) is 5.29. The Labute approximate surface area is 179 Å². The molecular weight excluding hydrogens is 402 g/mol. The average Bonchev–Trinajstić information content (AvgIpc) is 3.23. The van der Waals surface area contributed by atoms with Crippen LogP contribution in [0.1, 0.15) is 20.1 Å². The SMILES string of the molecule is C=C(NOCc1ccc(C(=O)Nc2ccccc2N)s1)c1ccc(OC)c(OC)c1. The number of methoxy groups -OCH3 is 2. The molecule has 0 aliphatic heterocycles. The molecule has 7 nitrogen and oxygen atoms in total. The Morgan fingerprint density at radius 3 is 2.57 bits per heavy atom. The summed E-state index contributed by atoms with van der Waals surface area (Å²) in [4.78, 5) is 19.4. The van der Waals surface area contributed by atoms with E-state index in [2.05, 4.69) is 17.4 Å². The summed E-state index contributed by atoms with van der Waals surface area (Å²) < 4.78 is 10.5. The van der Waals surface area contributed by atoms with E-state index in [1.807, 2.05) is 24.3 Å². The lowest BCUT2D eigenvalue weighted by Crippen LogP contribution is -2.12. The predicted octanol–water partition coefficient (Wildman–Crippen LogP) is 4.29. The number of hydrogen-bond donors (Lipinski definition) is 3. The largest absolute Gasteiger partial charge is 0.493 e. The Kier molecular flexibility index (Phi) is 6.95. The standard InChI is InChI=1S/C22H23N3O4S/c1-14(15-8-10-19(27-2)20(12-15)28-3)25-29-13-16-9-11-21(30-16)22(26)24-18-7-5-4-6-17(18)23/h4-12,25H,1,13,23H2,2-3H3,(H,24,26). The Balaban J connectivity index is 1.53. The van der Waals surface area contributed by atoms with Gasteiger partial charge in [-0.3, -0.25) is 15.1 Å². The lowest BCUT2D eigenvalue weighted by atomic mass is 10.1. The van der Waals surface area contributed by atoms with Crippen molar-refractivity contribution in [1.82, 2.24) is 5.48 Å². The quantitative estimate of drug-likeness (QED) is 0.350. The fourth-order valence-electron chi connectivity index (χ4n) is 2.65. The number of para-hydroxylation sites is 2. The molecule has 0 spiro atoms. The summed E-state index contributed by atoms with van der Waals surface area (Å²) in [6.45, 7) is 4.25. The first-order valence-corrected chi connectivity index (χ1v) is 9.87. The van der Waals surface area contributed by atoms with E-state index in [1.165, 1.54) is 11.3 Å². The highest BCUT2D eigenvalue weighted by Crippen LogP contribution is 2.29. The Bertz CT molecular complexity index is 1050. The molecule has 0 aliphatic carbocycles. The molecule has 0 unspecified atom stereocenters.